The monoisotopic (exact) mass is 605 g/mol. The second kappa shape index (κ2) is 13.2. The zero-order valence-corrected chi connectivity index (χ0v) is 23.3. The van der Waals surface area contributed by atoms with E-state index >= 15 is 0 Å². The van der Waals surface area contributed by atoms with Crippen molar-refractivity contribution in [2.75, 3.05) is 6.61 Å². The van der Waals surface area contributed by atoms with E-state index in [0.717, 1.165) is 5.56 Å². The number of carboxylic acids is 1. The minimum absolute atomic E-state index is 0.0602. The summed E-state index contributed by atoms with van der Waals surface area (Å²) < 4.78 is 65.1. The summed E-state index contributed by atoms with van der Waals surface area (Å²) in [6.07, 6.45) is -4.81. The maximum Gasteiger partial charge on any atom is 0.573 e. The molecule has 5 rings (SSSR count). The van der Waals surface area contributed by atoms with Crippen molar-refractivity contribution in [2.45, 2.75) is 26.5 Å². The zero-order valence-electron chi connectivity index (χ0n) is 23.3. The van der Waals surface area contributed by atoms with Crippen LogP contribution in [0.1, 0.15) is 17.0 Å². The number of ether oxygens (including phenoxy) is 4. The Balaban J connectivity index is 1.37. The number of benzene rings is 4. The van der Waals surface area contributed by atoms with E-state index in [1.807, 2.05) is 42.5 Å². The van der Waals surface area contributed by atoms with Gasteiger partial charge >= 0.3 is 12.3 Å². The third kappa shape index (κ3) is 8.09. The van der Waals surface area contributed by atoms with Gasteiger partial charge in [-0.1, -0.05) is 30.3 Å². The number of nitrogens with zero attached hydrogens (tertiary/aromatic N) is 1. The van der Waals surface area contributed by atoms with Crippen molar-refractivity contribution >= 4 is 5.97 Å². The Morgan fingerprint density at radius 3 is 2.09 bits per heavy atom. The van der Waals surface area contributed by atoms with E-state index in [2.05, 4.69) is 9.72 Å². The molecule has 0 saturated heterocycles. The first-order valence-electron chi connectivity index (χ1n) is 13.3. The molecule has 0 radical (unpaired) electrons. The molecule has 11 heteroatoms. The van der Waals surface area contributed by atoms with E-state index < -0.39 is 18.9 Å². The quantitative estimate of drug-likeness (QED) is 0.154. The van der Waals surface area contributed by atoms with Crippen LogP contribution in [-0.2, 0) is 18.0 Å². The lowest BCUT2D eigenvalue weighted by Crippen LogP contribution is -2.16. The van der Waals surface area contributed by atoms with Crippen LogP contribution in [0.2, 0.25) is 0 Å². The molecule has 0 aliphatic rings. The largest absolute Gasteiger partial charge is 0.573 e. The number of aliphatic carboxylic acids is 1. The topological polar surface area (TPSA) is 100 Å². The molecular weight excluding hydrogens is 579 g/mol. The van der Waals surface area contributed by atoms with Crippen LogP contribution < -0.4 is 18.9 Å². The van der Waals surface area contributed by atoms with E-state index in [4.69, 9.17) is 23.7 Å². The maximum atomic E-state index is 12.7. The number of alkyl halides is 3. The maximum absolute atomic E-state index is 12.7. The molecule has 1 N–H and O–H groups in total. The number of oxazole rings is 1. The van der Waals surface area contributed by atoms with Gasteiger partial charge in [-0.25, -0.2) is 9.78 Å². The lowest BCUT2D eigenvalue weighted by atomic mass is 10.1. The Morgan fingerprint density at radius 1 is 0.795 bits per heavy atom. The van der Waals surface area contributed by atoms with Crippen molar-refractivity contribution < 1.29 is 46.4 Å². The molecule has 0 unspecified atom stereocenters. The number of rotatable bonds is 12. The molecule has 0 atom stereocenters. The number of hydrogen-bond acceptors (Lipinski definition) is 7. The highest BCUT2D eigenvalue weighted by Gasteiger charge is 2.31. The van der Waals surface area contributed by atoms with Gasteiger partial charge in [-0.05, 0) is 84.8 Å². The Labute approximate surface area is 250 Å². The minimum Gasteiger partial charge on any atom is -0.489 e. The van der Waals surface area contributed by atoms with Crippen LogP contribution in [-0.4, -0.2) is 29.0 Å². The molecule has 1 heterocycles. The highest BCUT2D eigenvalue weighted by Crippen LogP contribution is 2.35. The summed E-state index contributed by atoms with van der Waals surface area (Å²) in [5.41, 5.74) is 3.32. The van der Waals surface area contributed by atoms with Gasteiger partial charge in [0.1, 0.15) is 35.3 Å². The molecule has 1 aromatic heterocycles. The summed E-state index contributed by atoms with van der Waals surface area (Å²) >= 11 is 0. The summed E-state index contributed by atoms with van der Waals surface area (Å²) in [6, 6.07) is 27.2. The molecule has 0 fully saturated rings. The van der Waals surface area contributed by atoms with E-state index in [9.17, 15) is 18.0 Å². The fraction of sp³-hybridized carbons (Fsp3) is 0.152. The highest BCUT2D eigenvalue weighted by atomic mass is 19.4. The van der Waals surface area contributed by atoms with Gasteiger partial charge in [0.15, 0.2) is 19.0 Å². The van der Waals surface area contributed by atoms with E-state index in [1.54, 1.807) is 37.3 Å². The van der Waals surface area contributed by atoms with Crippen molar-refractivity contribution in [3.05, 3.63) is 114 Å². The normalized spacial score (nSPS) is 11.2. The third-order valence-corrected chi connectivity index (χ3v) is 6.26. The molecule has 4 aromatic carbocycles. The van der Waals surface area contributed by atoms with E-state index in [-0.39, 0.29) is 18.2 Å². The van der Waals surface area contributed by atoms with Crippen molar-refractivity contribution in [1.82, 2.24) is 4.98 Å². The summed E-state index contributed by atoms with van der Waals surface area (Å²) in [6.45, 7) is 1.63. The average molecular weight is 606 g/mol. The molecule has 0 bridgehead atoms. The number of halogens is 3. The fourth-order valence-electron chi connectivity index (χ4n) is 4.23. The van der Waals surface area contributed by atoms with Gasteiger partial charge in [0.25, 0.3) is 0 Å². The molecule has 0 saturated carbocycles. The zero-order chi connectivity index (χ0) is 31.1. The molecule has 8 nitrogen and oxygen atoms in total. The summed E-state index contributed by atoms with van der Waals surface area (Å²) in [5, 5.41) is 8.83. The first-order valence-corrected chi connectivity index (χ1v) is 13.3. The van der Waals surface area contributed by atoms with Crippen LogP contribution in [0.25, 0.3) is 22.6 Å². The highest BCUT2D eigenvalue weighted by molar-refractivity contribution is 5.77. The first kappa shape index (κ1) is 30.0. The van der Waals surface area contributed by atoms with Crippen LogP contribution in [0, 0.1) is 6.92 Å². The standard InChI is InChI=1S/C33H26F3NO7/c1-21-17-27(15-16-28(21)42-20-30(38)39)41-19-29-37-31(32(43-29)24-9-13-26(14-10-24)44-33(34,35)36)23-7-11-25(12-8-23)40-18-22-5-3-2-4-6-22/h2-17H,18-20H2,1H3,(H,38,39). The van der Waals surface area contributed by atoms with Gasteiger partial charge in [0.05, 0.1) is 0 Å². The smallest absolute Gasteiger partial charge is 0.489 e. The SMILES string of the molecule is Cc1cc(OCc2nc(-c3ccc(OCc4ccccc4)cc3)c(-c3ccc(OC(F)(F)F)cc3)o2)ccc1OCC(=O)O. The van der Waals surface area contributed by atoms with Crippen molar-refractivity contribution in [1.29, 1.82) is 0 Å². The molecule has 5 aromatic rings. The van der Waals surface area contributed by atoms with Crippen LogP contribution in [0.5, 0.6) is 23.0 Å². The molecule has 0 amide bonds. The number of aromatic nitrogens is 1. The van der Waals surface area contributed by atoms with Gasteiger partial charge in [0, 0.05) is 11.1 Å². The van der Waals surface area contributed by atoms with Gasteiger partial charge < -0.3 is 28.5 Å². The predicted octanol–water partition coefficient (Wildman–Crippen LogP) is 7.84. The average Bonchev–Trinajstić information content (AvgIpc) is 3.43. The number of carboxylic acid groups (broad SMARTS) is 1. The lowest BCUT2D eigenvalue weighted by molar-refractivity contribution is -0.274. The van der Waals surface area contributed by atoms with Crippen molar-refractivity contribution in [2.24, 2.45) is 0 Å². The Bertz CT molecular complexity index is 1700. The van der Waals surface area contributed by atoms with Crippen molar-refractivity contribution in [3.63, 3.8) is 0 Å². The van der Waals surface area contributed by atoms with Crippen LogP contribution in [0.4, 0.5) is 13.2 Å². The number of aryl methyl sites for hydroxylation is 1. The first-order chi connectivity index (χ1) is 21.1. The fourth-order valence-corrected chi connectivity index (χ4v) is 4.23. The molecule has 0 aliphatic heterocycles. The molecule has 0 spiro atoms. The summed E-state index contributed by atoms with van der Waals surface area (Å²) in [4.78, 5) is 15.4. The molecule has 44 heavy (non-hydrogen) atoms. The second-order valence-corrected chi connectivity index (χ2v) is 9.55. The van der Waals surface area contributed by atoms with Crippen molar-refractivity contribution in [3.8, 4) is 45.6 Å². The summed E-state index contributed by atoms with van der Waals surface area (Å²) in [7, 11) is 0. The molecule has 0 aliphatic carbocycles. The number of carbonyl (C=O) groups is 1. The third-order valence-electron chi connectivity index (χ3n) is 6.26. The van der Waals surface area contributed by atoms with Gasteiger partial charge in [-0.15, -0.1) is 13.2 Å². The van der Waals surface area contributed by atoms with Gasteiger partial charge in [-0.3, -0.25) is 0 Å². The Morgan fingerprint density at radius 2 is 1.43 bits per heavy atom. The van der Waals surface area contributed by atoms with Crippen LogP contribution in [0.3, 0.4) is 0 Å². The van der Waals surface area contributed by atoms with Crippen LogP contribution >= 0.6 is 0 Å². The predicted molar refractivity (Wildman–Crippen MR) is 153 cm³/mol. The Hall–Kier alpha value is -5.45. The summed E-state index contributed by atoms with van der Waals surface area (Å²) in [5.74, 6) is 0.627. The number of hydrogen-bond donors (Lipinski definition) is 1. The molecule has 226 valence electrons. The van der Waals surface area contributed by atoms with E-state index in [0.29, 0.717) is 52.0 Å². The van der Waals surface area contributed by atoms with Gasteiger partial charge in [0.2, 0.25) is 5.89 Å². The second-order valence-electron chi connectivity index (χ2n) is 9.55. The van der Waals surface area contributed by atoms with Gasteiger partial charge in [-0.2, -0.15) is 0 Å². The minimum atomic E-state index is -4.81. The lowest BCUT2D eigenvalue weighted by Gasteiger charge is -2.09. The van der Waals surface area contributed by atoms with E-state index in [1.165, 1.54) is 24.3 Å². The Kier molecular flexibility index (Phi) is 9.03. The van der Waals surface area contributed by atoms with Crippen LogP contribution in [0.15, 0.2) is 101 Å². The molecular formula is C33H26F3NO7.